The van der Waals surface area contributed by atoms with Gasteiger partial charge in [0.2, 0.25) is 0 Å². The van der Waals surface area contributed by atoms with Crippen LogP contribution in [-0.2, 0) is 0 Å². The molecule has 0 aliphatic carbocycles. The number of carboxylic acids is 4. The molecule has 2 aromatic carbocycles. The lowest BCUT2D eigenvalue weighted by atomic mass is 10.1. The van der Waals surface area contributed by atoms with Crippen molar-refractivity contribution in [2.75, 3.05) is 11.5 Å². The van der Waals surface area contributed by atoms with Crippen molar-refractivity contribution in [3.05, 3.63) is 112 Å². The van der Waals surface area contributed by atoms with Gasteiger partial charge >= 0.3 is 23.9 Å². The lowest BCUT2D eigenvalue weighted by Gasteiger charge is -2.07. The summed E-state index contributed by atoms with van der Waals surface area (Å²) in [5.41, 5.74) is 11.9. The van der Waals surface area contributed by atoms with Gasteiger partial charge in [-0.2, -0.15) is 35.0 Å². The molecular formula is C36H24N18O8. The Balaban J connectivity index is 1.17. The van der Waals surface area contributed by atoms with Gasteiger partial charge in [0.15, 0.2) is 46.3 Å². The summed E-state index contributed by atoms with van der Waals surface area (Å²) in [7, 11) is 0. The molecule has 0 radical (unpaired) electrons. The molecule has 0 saturated carbocycles. The van der Waals surface area contributed by atoms with E-state index in [0.29, 0.717) is 0 Å². The van der Waals surface area contributed by atoms with Crippen LogP contribution in [0.15, 0.2) is 81.4 Å². The molecular weight excluding hydrogens is 813 g/mol. The second-order valence-electron chi connectivity index (χ2n) is 12.7. The highest BCUT2D eigenvalue weighted by Gasteiger charge is 2.22. The summed E-state index contributed by atoms with van der Waals surface area (Å²) in [5.74, 6) is -5.75. The van der Waals surface area contributed by atoms with E-state index in [4.69, 9.17) is 18.0 Å². The molecule has 306 valence electrons. The van der Waals surface area contributed by atoms with Crippen molar-refractivity contribution in [2.45, 2.75) is 13.8 Å². The maximum Gasteiger partial charge on any atom is 0.335 e. The van der Waals surface area contributed by atoms with Crippen LogP contribution in [0.3, 0.4) is 0 Å². The largest absolute Gasteiger partial charge is 0.478 e. The Morgan fingerprint density at radius 2 is 1.05 bits per heavy atom. The van der Waals surface area contributed by atoms with E-state index in [1.54, 1.807) is 13.8 Å². The lowest BCUT2D eigenvalue weighted by molar-refractivity contribution is 0.0676. The Labute approximate surface area is 344 Å². The molecule has 0 unspecified atom stereocenters. The van der Waals surface area contributed by atoms with Gasteiger partial charge in [-0.15, -0.1) is 30.7 Å². The van der Waals surface area contributed by atoms with Crippen LogP contribution in [-0.4, -0.2) is 93.6 Å². The first-order valence-corrected chi connectivity index (χ1v) is 17.2. The Kier molecular flexibility index (Phi) is 10.2. The summed E-state index contributed by atoms with van der Waals surface area (Å²) in [6, 6.07) is 11.4. The average Bonchev–Trinajstić information content (AvgIpc) is 4.01. The van der Waals surface area contributed by atoms with E-state index in [0.717, 1.165) is 58.2 Å². The molecule has 62 heavy (non-hydrogen) atoms. The van der Waals surface area contributed by atoms with Gasteiger partial charge in [-0.3, -0.25) is 0 Å². The average molecular weight is 837 g/mol. The van der Waals surface area contributed by atoms with E-state index in [9.17, 15) is 44.9 Å². The summed E-state index contributed by atoms with van der Waals surface area (Å²) >= 11 is 0. The van der Waals surface area contributed by atoms with Crippen molar-refractivity contribution in [3.8, 4) is 29.1 Å². The van der Waals surface area contributed by atoms with Gasteiger partial charge in [-0.25, -0.2) is 33.4 Å². The summed E-state index contributed by atoms with van der Waals surface area (Å²) in [4.78, 5) is 50.2. The van der Waals surface area contributed by atoms with Crippen LogP contribution in [0.5, 0.6) is 0 Å². The Hall–Kier alpha value is -9.98. The van der Waals surface area contributed by atoms with Crippen molar-refractivity contribution in [1.29, 1.82) is 5.26 Å². The van der Waals surface area contributed by atoms with Gasteiger partial charge in [0.25, 0.3) is 5.69 Å². The minimum atomic E-state index is -1.39. The molecule has 5 aromatic heterocycles. The molecule has 0 spiro atoms. The number of benzene rings is 2. The van der Waals surface area contributed by atoms with Crippen molar-refractivity contribution in [3.63, 3.8) is 0 Å². The fourth-order valence-corrected chi connectivity index (χ4v) is 5.77. The SMILES string of the molecule is [C-]#[N+]c1cnn(-c2cc(C(=O)O)cc(C(=O)O)c2)c1/N=N/c1c(C)nn(-c2ccc(-n3nc(C)c(/N=N/c4c(C#N)cnn4-c4cc(C(=O)O)cc(C(=O)O)c4)c3N)nn2)c1N. The number of hydrogen-bond donors (Lipinski definition) is 6. The zero-order chi connectivity index (χ0) is 44.6. The fraction of sp³-hybridized carbons (Fsp3) is 0.0556. The third kappa shape index (κ3) is 7.33. The smallest absolute Gasteiger partial charge is 0.335 e. The highest BCUT2D eigenvalue weighted by molar-refractivity contribution is 5.96. The maximum atomic E-state index is 11.7. The summed E-state index contributed by atoms with van der Waals surface area (Å²) < 4.78 is 4.53. The van der Waals surface area contributed by atoms with Crippen molar-refractivity contribution < 1.29 is 39.6 Å². The first-order valence-electron chi connectivity index (χ1n) is 17.2. The van der Waals surface area contributed by atoms with Gasteiger partial charge in [0, 0.05) is 0 Å². The molecule has 7 rings (SSSR count). The molecule has 0 aliphatic heterocycles. The number of hydrogen-bond acceptors (Lipinski definition) is 17. The van der Waals surface area contributed by atoms with Crippen LogP contribution < -0.4 is 11.5 Å². The van der Waals surface area contributed by atoms with E-state index in [-0.39, 0.29) is 103 Å². The van der Waals surface area contributed by atoms with E-state index in [2.05, 4.69) is 55.9 Å². The topological polar surface area (TPSA) is 376 Å². The number of anilines is 2. The highest BCUT2D eigenvalue weighted by Crippen LogP contribution is 2.36. The van der Waals surface area contributed by atoms with E-state index >= 15 is 0 Å². The predicted octanol–water partition coefficient (Wildman–Crippen LogP) is 5.05. The number of carbonyl (C=O) groups is 4. The number of aryl methyl sites for hydroxylation is 2. The number of azo groups is 2. The second-order valence-corrected chi connectivity index (χ2v) is 12.7. The third-order valence-electron chi connectivity index (χ3n) is 8.71. The summed E-state index contributed by atoms with van der Waals surface area (Å²) in [6.45, 7) is 10.7. The van der Waals surface area contributed by atoms with Crippen LogP contribution in [0.2, 0.25) is 0 Å². The number of rotatable bonds is 12. The highest BCUT2D eigenvalue weighted by atomic mass is 16.4. The zero-order valence-corrected chi connectivity index (χ0v) is 31.5. The van der Waals surface area contributed by atoms with E-state index < -0.39 is 23.9 Å². The number of nitrogens with two attached hydrogens (primary N) is 2. The standard InChI is InChI=1S/C36H24N18O8/c1-15-27(45-47-31-21(12-37)13-41-51(31)22-8-17(33(55)56)6-18(9-22)34(57)58)29(38)53(49-15)25-4-5-26(44-43-25)54-30(39)28(16(2)50-54)46-48-32-24(40-3)14-42-52(32)23-10-19(35(59)60)7-20(11-23)36(61)62/h4-11,13-14H,38-39H2,1-2H3,(H,55,56)(H,57,58)(H,59,60)(H,61,62)/b47-45+,48-46+. The number of carboxylic acid groups (broad SMARTS) is 4. The van der Waals surface area contributed by atoms with E-state index in [1.807, 2.05) is 6.07 Å². The second kappa shape index (κ2) is 15.8. The molecule has 0 saturated heterocycles. The Morgan fingerprint density at radius 3 is 1.44 bits per heavy atom. The Bertz CT molecular complexity index is 2900. The predicted molar refractivity (Wildman–Crippen MR) is 209 cm³/mol. The van der Waals surface area contributed by atoms with Crippen LogP contribution in [0.1, 0.15) is 58.4 Å². The normalized spacial score (nSPS) is 11.2. The minimum Gasteiger partial charge on any atom is -0.478 e. The molecule has 0 atom stereocenters. The molecule has 26 nitrogen and oxygen atoms in total. The van der Waals surface area contributed by atoms with Crippen molar-refractivity contribution >= 4 is 64.2 Å². The molecule has 26 heteroatoms. The molecule has 5 heterocycles. The first kappa shape index (κ1) is 40.2. The van der Waals surface area contributed by atoms with Crippen LogP contribution in [0.25, 0.3) is 27.9 Å². The number of aromatic carboxylic acids is 4. The summed E-state index contributed by atoms with van der Waals surface area (Å²) in [5, 5.41) is 89.9. The molecule has 0 amide bonds. The van der Waals surface area contributed by atoms with Crippen molar-refractivity contribution in [2.24, 2.45) is 20.5 Å². The first-order chi connectivity index (χ1) is 29.6. The molecule has 0 bridgehead atoms. The third-order valence-corrected chi connectivity index (χ3v) is 8.71. The summed E-state index contributed by atoms with van der Waals surface area (Å²) in [6.07, 6.45) is 2.29. The number of nitriles is 1. The molecule has 0 fully saturated rings. The van der Waals surface area contributed by atoms with Crippen LogP contribution in [0, 0.1) is 31.8 Å². The monoisotopic (exact) mass is 836 g/mol. The molecule has 0 aliphatic rings. The zero-order valence-electron chi connectivity index (χ0n) is 31.5. The fourth-order valence-electron chi connectivity index (χ4n) is 5.77. The number of nitrogen functional groups attached to an aromatic ring is 2. The van der Waals surface area contributed by atoms with Crippen LogP contribution in [0.4, 0.5) is 40.3 Å². The van der Waals surface area contributed by atoms with Gasteiger partial charge in [0.05, 0.1) is 64.0 Å². The minimum absolute atomic E-state index is 0.0102. The Morgan fingerprint density at radius 1 is 0.645 bits per heavy atom. The number of aromatic nitrogens is 10. The molecule has 7 aromatic rings. The van der Waals surface area contributed by atoms with E-state index in [1.165, 1.54) is 21.5 Å². The molecule has 8 N–H and O–H groups in total. The van der Waals surface area contributed by atoms with Crippen molar-refractivity contribution in [1.82, 2.24) is 49.3 Å². The maximum absolute atomic E-state index is 11.7. The lowest BCUT2D eigenvalue weighted by Crippen LogP contribution is -2.09. The number of nitrogens with zero attached hydrogens (tertiary/aromatic N) is 16. The van der Waals surface area contributed by atoms with Gasteiger partial charge in [0.1, 0.15) is 11.6 Å². The quantitative estimate of drug-likeness (QED) is 0.0692. The van der Waals surface area contributed by atoms with Gasteiger partial charge < -0.3 is 31.9 Å². The van der Waals surface area contributed by atoms with Gasteiger partial charge in [-0.1, -0.05) is 0 Å². The van der Waals surface area contributed by atoms with Crippen LogP contribution >= 0.6 is 0 Å². The van der Waals surface area contributed by atoms with Gasteiger partial charge in [-0.05, 0) is 62.4 Å².